The van der Waals surface area contributed by atoms with Crippen LogP contribution >= 0.6 is 11.3 Å². The summed E-state index contributed by atoms with van der Waals surface area (Å²) in [4.78, 5) is 5.75. The van der Waals surface area contributed by atoms with E-state index in [9.17, 15) is 0 Å². The molecule has 1 atom stereocenters. The summed E-state index contributed by atoms with van der Waals surface area (Å²) < 4.78 is 2.11. The van der Waals surface area contributed by atoms with Crippen LogP contribution in [0.4, 0.5) is 0 Å². The Balaban J connectivity index is 1.98. The molecule has 0 radical (unpaired) electrons. The minimum absolute atomic E-state index is 0.574. The van der Waals surface area contributed by atoms with Gasteiger partial charge in [0.1, 0.15) is 0 Å². The normalized spacial score (nSPS) is 13.3. The van der Waals surface area contributed by atoms with Gasteiger partial charge in [-0.05, 0) is 19.4 Å². The van der Waals surface area contributed by atoms with Crippen LogP contribution in [0.5, 0.6) is 0 Å². The van der Waals surface area contributed by atoms with Crippen molar-refractivity contribution in [3.8, 4) is 0 Å². The molecule has 3 nitrogen and oxygen atoms in total. The maximum atomic E-state index is 4.64. The van der Waals surface area contributed by atoms with E-state index in [1.807, 2.05) is 0 Å². The SMILES string of the molecule is CCCNC(CCC)Cc1cn2ccsc2n1. The summed E-state index contributed by atoms with van der Waals surface area (Å²) >= 11 is 1.70. The maximum absolute atomic E-state index is 4.64. The van der Waals surface area contributed by atoms with Crippen LogP contribution in [0.15, 0.2) is 17.8 Å². The van der Waals surface area contributed by atoms with E-state index >= 15 is 0 Å². The van der Waals surface area contributed by atoms with E-state index in [1.54, 1.807) is 11.3 Å². The fraction of sp³-hybridized carbons (Fsp3) is 0.615. The monoisotopic (exact) mass is 251 g/mol. The highest BCUT2D eigenvalue weighted by atomic mass is 32.1. The number of aromatic nitrogens is 2. The molecule has 1 unspecified atom stereocenters. The molecule has 1 N–H and O–H groups in total. The number of imidazole rings is 1. The minimum atomic E-state index is 0.574. The van der Waals surface area contributed by atoms with Crippen molar-refractivity contribution in [2.24, 2.45) is 0 Å². The lowest BCUT2D eigenvalue weighted by Gasteiger charge is -2.16. The molecule has 0 aliphatic carbocycles. The highest BCUT2D eigenvalue weighted by Crippen LogP contribution is 2.13. The third-order valence-electron chi connectivity index (χ3n) is 2.92. The van der Waals surface area contributed by atoms with Crippen molar-refractivity contribution in [2.45, 2.75) is 45.6 Å². The Labute approximate surface area is 107 Å². The Morgan fingerprint density at radius 2 is 2.29 bits per heavy atom. The van der Waals surface area contributed by atoms with Gasteiger partial charge in [0.05, 0.1) is 5.69 Å². The van der Waals surface area contributed by atoms with Crippen LogP contribution in [0.1, 0.15) is 38.8 Å². The van der Waals surface area contributed by atoms with E-state index in [2.05, 4.69) is 46.3 Å². The Hall–Kier alpha value is -0.870. The van der Waals surface area contributed by atoms with E-state index in [0.717, 1.165) is 17.9 Å². The molecule has 0 bridgehead atoms. The molecule has 0 saturated carbocycles. The highest BCUT2D eigenvalue weighted by Gasteiger charge is 2.10. The molecule has 0 spiro atoms. The third kappa shape index (κ3) is 3.30. The summed E-state index contributed by atoms with van der Waals surface area (Å²) in [6.07, 6.45) is 8.92. The fourth-order valence-corrected chi connectivity index (χ4v) is 2.82. The number of rotatable bonds is 7. The molecule has 0 saturated heterocycles. The number of nitrogens with zero attached hydrogens (tertiary/aromatic N) is 2. The predicted molar refractivity (Wildman–Crippen MR) is 73.8 cm³/mol. The van der Waals surface area contributed by atoms with Crippen molar-refractivity contribution in [1.29, 1.82) is 0 Å². The maximum Gasteiger partial charge on any atom is 0.193 e. The van der Waals surface area contributed by atoms with E-state index in [-0.39, 0.29) is 0 Å². The van der Waals surface area contributed by atoms with Gasteiger partial charge in [0.2, 0.25) is 0 Å². The molecule has 17 heavy (non-hydrogen) atoms. The lowest BCUT2D eigenvalue weighted by Crippen LogP contribution is -2.31. The first-order valence-corrected chi connectivity index (χ1v) is 7.36. The lowest BCUT2D eigenvalue weighted by molar-refractivity contribution is 0.470. The summed E-state index contributed by atoms with van der Waals surface area (Å²) in [5.74, 6) is 0. The first-order chi connectivity index (χ1) is 8.33. The highest BCUT2D eigenvalue weighted by molar-refractivity contribution is 7.15. The zero-order valence-corrected chi connectivity index (χ0v) is 11.5. The summed E-state index contributed by atoms with van der Waals surface area (Å²) in [5, 5.41) is 5.68. The van der Waals surface area contributed by atoms with E-state index in [4.69, 9.17) is 0 Å². The van der Waals surface area contributed by atoms with E-state index in [0.29, 0.717) is 6.04 Å². The molecule has 2 aromatic rings. The molecular formula is C13H21N3S. The van der Waals surface area contributed by atoms with Gasteiger partial charge in [-0.25, -0.2) is 4.98 Å². The van der Waals surface area contributed by atoms with Crippen molar-refractivity contribution < 1.29 is 0 Å². The average molecular weight is 251 g/mol. The van der Waals surface area contributed by atoms with Crippen molar-refractivity contribution in [1.82, 2.24) is 14.7 Å². The van der Waals surface area contributed by atoms with Crippen molar-refractivity contribution in [3.63, 3.8) is 0 Å². The number of thiazole rings is 1. The first kappa shape index (κ1) is 12.6. The van der Waals surface area contributed by atoms with Crippen LogP contribution in [-0.4, -0.2) is 22.0 Å². The minimum Gasteiger partial charge on any atom is -0.314 e. The van der Waals surface area contributed by atoms with Gasteiger partial charge in [0, 0.05) is 30.2 Å². The molecule has 0 fully saturated rings. The average Bonchev–Trinajstić information content (AvgIpc) is 2.86. The first-order valence-electron chi connectivity index (χ1n) is 6.48. The molecule has 2 rings (SSSR count). The molecule has 2 heterocycles. The van der Waals surface area contributed by atoms with Gasteiger partial charge < -0.3 is 5.32 Å². The summed E-state index contributed by atoms with van der Waals surface area (Å²) in [5.41, 5.74) is 1.21. The van der Waals surface area contributed by atoms with Gasteiger partial charge in [0.25, 0.3) is 0 Å². The van der Waals surface area contributed by atoms with Crippen LogP contribution in [-0.2, 0) is 6.42 Å². The van der Waals surface area contributed by atoms with Crippen molar-refractivity contribution >= 4 is 16.3 Å². The molecule has 0 aliphatic rings. The number of hydrogen-bond acceptors (Lipinski definition) is 3. The third-order valence-corrected chi connectivity index (χ3v) is 3.69. The Morgan fingerprint density at radius 1 is 1.41 bits per heavy atom. The number of nitrogens with one attached hydrogen (secondary N) is 1. The predicted octanol–water partition coefficient (Wildman–Crippen LogP) is 3.11. The Bertz CT molecular complexity index is 418. The van der Waals surface area contributed by atoms with Crippen LogP contribution in [0.2, 0.25) is 0 Å². The number of hydrogen-bond donors (Lipinski definition) is 1. The molecule has 0 amide bonds. The zero-order valence-electron chi connectivity index (χ0n) is 10.6. The molecule has 0 aromatic carbocycles. The Morgan fingerprint density at radius 3 is 3.00 bits per heavy atom. The molecule has 0 aliphatic heterocycles. The fourth-order valence-electron chi connectivity index (χ4n) is 2.10. The van der Waals surface area contributed by atoms with Gasteiger partial charge in [-0.1, -0.05) is 20.3 Å². The largest absolute Gasteiger partial charge is 0.314 e. The van der Waals surface area contributed by atoms with Crippen LogP contribution in [0.3, 0.4) is 0 Å². The zero-order chi connectivity index (χ0) is 12.1. The van der Waals surface area contributed by atoms with Crippen molar-refractivity contribution in [2.75, 3.05) is 6.54 Å². The second-order valence-electron chi connectivity index (χ2n) is 4.47. The summed E-state index contributed by atoms with van der Waals surface area (Å²) in [6.45, 7) is 5.56. The molecule has 94 valence electrons. The van der Waals surface area contributed by atoms with Crippen LogP contribution in [0, 0.1) is 0 Å². The second kappa shape index (κ2) is 6.17. The molecular weight excluding hydrogens is 230 g/mol. The Kier molecular flexibility index (Phi) is 4.57. The smallest absolute Gasteiger partial charge is 0.193 e. The van der Waals surface area contributed by atoms with Crippen LogP contribution in [0.25, 0.3) is 4.96 Å². The molecule has 4 heteroatoms. The van der Waals surface area contributed by atoms with Gasteiger partial charge in [-0.2, -0.15) is 0 Å². The van der Waals surface area contributed by atoms with E-state index in [1.165, 1.54) is 25.0 Å². The standard InChI is InChI=1S/C13H21N3S/c1-3-5-11(14-6-4-2)9-12-10-16-7-8-17-13(16)15-12/h7-8,10-11,14H,3-6,9H2,1-2H3. The van der Waals surface area contributed by atoms with Gasteiger partial charge in [0.15, 0.2) is 4.96 Å². The lowest BCUT2D eigenvalue weighted by atomic mass is 10.1. The summed E-state index contributed by atoms with van der Waals surface area (Å²) in [6, 6.07) is 0.574. The van der Waals surface area contributed by atoms with Gasteiger partial charge in [-0.15, -0.1) is 11.3 Å². The van der Waals surface area contributed by atoms with E-state index < -0.39 is 0 Å². The second-order valence-corrected chi connectivity index (χ2v) is 5.34. The van der Waals surface area contributed by atoms with Crippen LogP contribution < -0.4 is 5.32 Å². The molecule has 2 aromatic heterocycles. The summed E-state index contributed by atoms with van der Waals surface area (Å²) in [7, 11) is 0. The van der Waals surface area contributed by atoms with Gasteiger partial charge >= 0.3 is 0 Å². The van der Waals surface area contributed by atoms with Crippen molar-refractivity contribution in [3.05, 3.63) is 23.5 Å². The topological polar surface area (TPSA) is 29.3 Å². The number of fused-ring (bicyclic) bond motifs is 1. The quantitative estimate of drug-likeness (QED) is 0.819. The van der Waals surface area contributed by atoms with Gasteiger partial charge in [-0.3, -0.25) is 4.40 Å².